The summed E-state index contributed by atoms with van der Waals surface area (Å²) in [7, 11) is 0. The van der Waals surface area contributed by atoms with Crippen LogP contribution in [-0.4, -0.2) is 36.4 Å². The Balaban J connectivity index is 1.86. The minimum Gasteiger partial charge on any atom is -0.370 e. The molecule has 0 radical (unpaired) electrons. The number of rotatable bonds is 4. The third kappa shape index (κ3) is 4.77. The number of amides is 1. The molecule has 1 aliphatic rings. The number of hydrogen-bond donors (Lipinski definition) is 2. The Morgan fingerprint density at radius 3 is 2.81 bits per heavy atom. The summed E-state index contributed by atoms with van der Waals surface area (Å²) >= 11 is 0. The average molecular weight is 288 g/mol. The second-order valence-electron chi connectivity index (χ2n) is 5.32. The fourth-order valence-electron chi connectivity index (χ4n) is 2.45. The van der Waals surface area contributed by atoms with Crippen LogP contribution in [0.1, 0.15) is 31.7 Å². The number of piperidine rings is 1. The van der Waals surface area contributed by atoms with Gasteiger partial charge in [-0.15, -0.1) is 0 Å². The van der Waals surface area contributed by atoms with Gasteiger partial charge in [0.2, 0.25) is 5.91 Å². The minimum absolute atomic E-state index is 0.0572. The van der Waals surface area contributed by atoms with Crippen LogP contribution in [0.2, 0.25) is 0 Å². The van der Waals surface area contributed by atoms with E-state index in [1.54, 1.807) is 0 Å². The SMILES string of the molecule is CCc1cccc(NC(N)=NCC(=O)N2CCCCC2)c1. The van der Waals surface area contributed by atoms with Gasteiger partial charge in [-0.1, -0.05) is 19.1 Å². The molecule has 1 amide bonds. The van der Waals surface area contributed by atoms with Crippen LogP contribution in [0.4, 0.5) is 5.69 Å². The lowest BCUT2D eigenvalue weighted by Gasteiger charge is -2.26. The van der Waals surface area contributed by atoms with Gasteiger partial charge in [-0.2, -0.15) is 0 Å². The molecule has 0 aliphatic carbocycles. The van der Waals surface area contributed by atoms with Crippen LogP contribution in [0.5, 0.6) is 0 Å². The standard InChI is InChI=1S/C16H24N4O/c1-2-13-7-6-8-14(11-13)19-16(17)18-12-15(21)20-9-4-3-5-10-20/h6-8,11H,2-5,9-10,12H2,1H3,(H3,17,18,19). The zero-order valence-electron chi connectivity index (χ0n) is 12.6. The molecule has 0 saturated carbocycles. The molecule has 21 heavy (non-hydrogen) atoms. The number of nitrogens with zero attached hydrogens (tertiary/aromatic N) is 2. The number of aryl methyl sites for hydroxylation is 1. The molecule has 1 aliphatic heterocycles. The predicted octanol–water partition coefficient (Wildman–Crippen LogP) is 1.99. The second-order valence-corrected chi connectivity index (χ2v) is 5.32. The molecule has 0 aromatic heterocycles. The third-order valence-corrected chi connectivity index (χ3v) is 3.70. The summed E-state index contributed by atoms with van der Waals surface area (Å²) in [5.41, 5.74) is 7.98. The summed E-state index contributed by atoms with van der Waals surface area (Å²) in [6.07, 6.45) is 4.37. The molecule has 114 valence electrons. The highest BCUT2D eigenvalue weighted by Crippen LogP contribution is 2.11. The zero-order chi connectivity index (χ0) is 15.1. The monoisotopic (exact) mass is 288 g/mol. The first-order chi connectivity index (χ1) is 10.2. The molecule has 0 atom stereocenters. The Hall–Kier alpha value is -2.04. The van der Waals surface area contributed by atoms with Gasteiger partial charge in [-0.3, -0.25) is 4.79 Å². The van der Waals surface area contributed by atoms with Gasteiger partial charge < -0.3 is 16.0 Å². The third-order valence-electron chi connectivity index (χ3n) is 3.70. The van der Waals surface area contributed by atoms with Crippen molar-refractivity contribution in [2.45, 2.75) is 32.6 Å². The Morgan fingerprint density at radius 1 is 1.33 bits per heavy atom. The minimum atomic E-state index is 0.0572. The van der Waals surface area contributed by atoms with Crippen LogP contribution in [0, 0.1) is 0 Å². The van der Waals surface area contributed by atoms with Gasteiger partial charge >= 0.3 is 0 Å². The summed E-state index contributed by atoms with van der Waals surface area (Å²) in [5.74, 6) is 0.343. The van der Waals surface area contributed by atoms with E-state index in [0.29, 0.717) is 0 Å². The van der Waals surface area contributed by atoms with E-state index in [1.807, 2.05) is 23.1 Å². The number of hydrogen-bond acceptors (Lipinski definition) is 2. The van der Waals surface area contributed by atoms with Crippen LogP contribution < -0.4 is 11.1 Å². The number of anilines is 1. The maximum absolute atomic E-state index is 12.0. The Bertz CT molecular complexity index is 507. The smallest absolute Gasteiger partial charge is 0.244 e. The molecular formula is C16H24N4O. The van der Waals surface area contributed by atoms with Crippen LogP contribution in [0.3, 0.4) is 0 Å². The number of carbonyl (C=O) groups is 1. The first-order valence-corrected chi connectivity index (χ1v) is 7.62. The molecule has 1 heterocycles. The topological polar surface area (TPSA) is 70.7 Å². The van der Waals surface area contributed by atoms with Gasteiger partial charge in [0.25, 0.3) is 0 Å². The van der Waals surface area contributed by atoms with E-state index in [0.717, 1.165) is 38.0 Å². The van der Waals surface area contributed by atoms with E-state index in [2.05, 4.69) is 23.3 Å². The summed E-state index contributed by atoms with van der Waals surface area (Å²) in [6.45, 7) is 3.92. The first kappa shape index (κ1) is 15.4. The molecule has 0 unspecified atom stereocenters. The number of benzene rings is 1. The lowest BCUT2D eigenvalue weighted by molar-refractivity contribution is -0.130. The fraction of sp³-hybridized carbons (Fsp3) is 0.500. The van der Waals surface area contributed by atoms with E-state index in [1.165, 1.54) is 12.0 Å². The number of nitrogens with one attached hydrogen (secondary N) is 1. The fourth-order valence-corrected chi connectivity index (χ4v) is 2.45. The van der Waals surface area contributed by atoms with Crippen molar-refractivity contribution in [2.75, 3.05) is 25.0 Å². The van der Waals surface area contributed by atoms with Gasteiger partial charge in [0.15, 0.2) is 5.96 Å². The van der Waals surface area contributed by atoms with Gasteiger partial charge in [0.05, 0.1) is 0 Å². The molecular weight excluding hydrogens is 264 g/mol. The lowest BCUT2D eigenvalue weighted by atomic mass is 10.1. The van der Waals surface area contributed by atoms with Crippen LogP contribution in [-0.2, 0) is 11.2 Å². The summed E-state index contributed by atoms with van der Waals surface area (Å²) in [5, 5.41) is 3.03. The molecule has 1 fully saturated rings. The van der Waals surface area contributed by atoms with Gasteiger partial charge in [-0.25, -0.2) is 4.99 Å². The van der Waals surface area contributed by atoms with Gasteiger partial charge in [-0.05, 0) is 43.4 Å². The number of aliphatic imine (C=N–C) groups is 1. The molecule has 5 heteroatoms. The van der Waals surface area contributed by atoms with E-state index >= 15 is 0 Å². The number of carbonyl (C=O) groups excluding carboxylic acids is 1. The van der Waals surface area contributed by atoms with Gasteiger partial charge in [0.1, 0.15) is 6.54 Å². The van der Waals surface area contributed by atoms with Crippen molar-refractivity contribution in [1.29, 1.82) is 0 Å². The molecule has 1 aromatic carbocycles. The number of guanidine groups is 1. The zero-order valence-corrected chi connectivity index (χ0v) is 12.6. The number of likely N-dealkylation sites (tertiary alicyclic amines) is 1. The van der Waals surface area contributed by atoms with Crippen molar-refractivity contribution in [3.63, 3.8) is 0 Å². The molecule has 0 bridgehead atoms. The van der Waals surface area contributed by atoms with Crippen molar-refractivity contribution in [1.82, 2.24) is 4.90 Å². The normalized spacial score (nSPS) is 15.9. The van der Waals surface area contributed by atoms with Crippen LogP contribution in [0.25, 0.3) is 0 Å². The summed E-state index contributed by atoms with van der Waals surface area (Å²) < 4.78 is 0. The molecule has 3 N–H and O–H groups in total. The van der Waals surface area contributed by atoms with E-state index in [-0.39, 0.29) is 18.4 Å². The Morgan fingerprint density at radius 2 is 2.10 bits per heavy atom. The Kier molecular flexibility index (Phi) is 5.60. The largest absolute Gasteiger partial charge is 0.370 e. The second kappa shape index (κ2) is 7.67. The van der Waals surface area contributed by atoms with Crippen molar-refractivity contribution >= 4 is 17.6 Å². The highest BCUT2D eigenvalue weighted by Gasteiger charge is 2.15. The first-order valence-electron chi connectivity index (χ1n) is 7.62. The summed E-state index contributed by atoms with van der Waals surface area (Å²) in [4.78, 5) is 18.0. The van der Waals surface area contributed by atoms with E-state index in [4.69, 9.17) is 5.73 Å². The van der Waals surface area contributed by atoms with Crippen molar-refractivity contribution in [3.05, 3.63) is 29.8 Å². The quantitative estimate of drug-likeness (QED) is 0.657. The summed E-state index contributed by atoms with van der Waals surface area (Å²) in [6, 6.07) is 8.02. The molecule has 1 saturated heterocycles. The highest BCUT2D eigenvalue weighted by molar-refractivity contribution is 5.93. The van der Waals surface area contributed by atoms with Crippen LogP contribution >= 0.6 is 0 Å². The Labute approximate surface area is 126 Å². The average Bonchev–Trinajstić information content (AvgIpc) is 2.53. The lowest BCUT2D eigenvalue weighted by Crippen LogP contribution is -2.37. The van der Waals surface area contributed by atoms with Crippen molar-refractivity contribution < 1.29 is 4.79 Å². The maximum atomic E-state index is 12.0. The van der Waals surface area contributed by atoms with E-state index in [9.17, 15) is 4.79 Å². The van der Waals surface area contributed by atoms with Crippen LogP contribution in [0.15, 0.2) is 29.3 Å². The van der Waals surface area contributed by atoms with E-state index < -0.39 is 0 Å². The van der Waals surface area contributed by atoms with Crippen molar-refractivity contribution in [3.8, 4) is 0 Å². The molecule has 2 rings (SSSR count). The van der Waals surface area contributed by atoms with Gasteiger partial charge in [0, 0.05) is 18.8 Å². The predicted molar refractivity (Wildman–Crippen MR) is 86.4 cm³/mol. The van der Waals surface area contributed by atoms with Crippen molar-refractivity contribution in [2.24, 2.45) is 10.7 Å². The molecule has 5 nitrogen and oxygen atoms in total. The maximum Gasteiger partial charge on any atom is 0.244 e. The molecule has 1 aromatic rings. The molecule has 0 spiro atoms. The highest BCUT2D eigenvalue weighted by atomic mass is 16.2. The number of nitrogens with two attached hydrogens (primary N) is 1.